The molecule has 0 bridgehead atoms. The van der Waals surface area contributed by atoms with Crippen LogP contribution in [-0.4, -0.2) is 24.4 Å². The summed E-state index contributed by atoms with van der Waals surface area (Å²) >= 11 is 3.42. The van der Waals surface area contributed by atoms with Crippen LogP contribution in [0.1, 0.15) is 24.3 Å². The molecule has 1 aromatic carbocycles. The lowest BCUT2D eigenvalue weighted by Crippen LogP contribution is -2.32. The van der Waals surface area contributed by atoms with Crippen LogP contribution in [0.4, 0.5) is 0 Å². The first-order valence-electron chi connectivity index (χ1n) is 6.92. The largest absolute Gasteiger partial charge is 0.467 e. The van der Waals surface area contributed by atoms with E-state index in [0.717, 1.165) is 10.2 Å². The summed E-state index contributed by atoms with van der Waals surface area (Å²) in [6.07, 6.45) is 1.06. The molecule has 5 heteroatoms. The van der Waals surface area contributed by atoms with Crippen molar-refractivity contribution in [1.29, 1.82) is 0 Å². The second-order valence-corrected chi connectivity index (χ2v) is 5.85. The van der Waals surface area contributed by atoms with Gasteiger partial charge in [-0.3, -0.25) is 0 Å². The van der Waals surface area contributed by atoms with Gasteiger partial charge < -0.3 is 19.6 Å². The molecular formula is C16H20BrNO3. The van der Waals surface area contributed by atoms with Crippen LogP contribution in [0.15, 0.2) is 51.6 Å². The van der Waals surface area contributed by atoms with Crippen molar-refractivity contribution >= 4 is 15.9 Å². The molecule has 0 aliphatic heterocycles. The van der Waals surface area contributed by atoms with E-state index in [2.05, 4.69) is 40.3 Å². The maximum Gasteiger partial charge on any atom is 0.129 e. The Hall–Kier alpha value is -1.14. The zero-order valence-electron chi connectivity index (χ0n) is 12.0. The number of rotatable bonds is 8. The molecule has 4 nitrogen and oxygen atoms in total. The van der Waals surface area contributed by atoms with Crippen LogP contribution < -0.4 is 5.32 Å². The Balaban J connectivity index is 1.66. The molecule has 0 spiro atoms. The third-order valence-corrected chi connectivity index (χ3v) is 3.69. The summed E-state index contributed by atoms with van der Waals surface area (Å²) in [4.78, 5) is 0. The maximum atomic E-state index is 9.89. The Morgan fingerprint density at radius 3 is 2.71 bits per heavy atom. The minimum Gasteiger partial charge on any atom is -0.467 e. The highest BCUT2D eigenvalue weighted by Gasteiger charge is 2.09. The minimum atomic E-state index is -0.544. The number of furan rings is 1. The van der Waals surface area contributed by atoms with Crippen LogP contribution in [0.2, 0.25) is 0 Å². The highest BCUT2D eigenvalue weighted by atomic mass is 79.9. The molecule has 0 amide bonds. The molecule has 114 valence electrons. The van der Waals surface area contributed by atoms with E-state index in [1.54, 1.807) is 6.26 Å². The molecule has 0 aliphatic carbocycles. The molecule has 0 radical (unpaired) electrons. The minimum absolute atomic E-state index is 0.179. The second-order valence-electron chi connectivity index (χ2n) is 4.93. The summed E-state index contributed by atoms with van der Waals surface area (Å²) in [5, 5.41) is 13.2. The number of aliphatic hydroxyl groups is 1. The van der Waals surface area contributed by atoms with Crippen molar-refractivity contribution in [3.05, 3.63) is 58.5 Å². The quantitative estimate of drug-likeness (QED) is 0.764. The van der Waals surface area contributed by atoms with Gasteiger partial charge in [0.25, 0.3) is 0 Å². The van der Waals surface area contributed by atoms with Gasteiger partial charge in [0.2, 0.25) is 0 Å². The van der Waals surface area contributed by atoms with E-state index in [-0.39, 0.29) is 12.6 Å². The lowest BCUT2D eigenvalue weighted by molar-refractivity contribution is 0.0217. The Bertz CT molecular complexity index is 513. The van der Waals surface area contributed by atoms with E-state index in [1.165, 1.54) is 5.56 Å². The summed E-state index contributed by atoms with van der Waals surface area (Å²) in [6, 6.07) is 12.0. The summed E-state index contributed by atoms with van der Waals surface area (Å²) < 4.78 is 11.6. The lowest BCUT2D eigenvalue weighted by Gasteiger charge is -2.17. The third-order valence-electron chi connectivity index (χ3n) is 3.16. The van der Waals surface area contributed by atoms with Crippen molar-refractivity contribution in [3.63, 3.8) is 0 Å². The number of hydrogen-bond donors (Lipinski definition) is 2. The smallest absolute Gasteiger partial charge is 0.129 e. The zero-order valence-corrected chi connectivity index (χ0v) is 13.5. The fraction of sp³-hybridized carbons (Fsp3) is 0.375. The molecule has 0 fully saturated rings. The predicted octanol–water partition coefficient (Wildman–Crippen LogP) is 3.27. The molecule has 0 saturated heterocycles. The van der Waals surface area contributed by atoms with Crippen LogP contribution in [-0.2, 0) is 11.3 Å². The average molecular weight is 354 g/mol. The highest BCUT2D eigenvalue weighted by molar-refractivity contribution is 9.10. The van der Waals surface area contributed by atoms with Crippen LogP contribution in [0.3, 0.4) is 0 Å². The van der Waals surface area contributed by atoms with Crippen molar-refractivity contribution in [2.45, 2.75) is 25.7 Å². The molecular weight excluding hydrogens is 334 g/mol. The number of aliphatic hydroxyl groups excluding tert-OH is 1. The van der Waals surface area contributed by atoms with Crippen molar-refractivity contribution in [3.8, 4) is 0 Å². The molecule has 1 heterocycles. The SMILES string of the molecule is C[C@@H](NCC(O)COCc1ccco1)c1ccc(Br)cc1. The summed E-state index contributed by atoms with van der Waals surface area (Å²) in [5.41, 5.74) is 1.18. The van der Waals surface area contributed by atoms with Gasteiger partial charge in [0.15, 0.2) is 0 Å². The lowest BCUT2D eigenvalue weighted by atomic mass is 10.1. The highest BCUT2D eigenvalue weighted by Crippen LogP contribution is 2.16. The van der Waals surface area contributed by atoms with Crippen LogP contribution in [0, 0.1) is 0 Å². The van der Waals surface area contributed by atoms with Gasteiger partial charge in [0.1, 0.15) is 12.4 Å². The van der Waals surface area contributed by atoms with Gasteiger partial charge >= 0.3 is 0 Å². The first kappa shape index (κ1) is 16.2. The van der Waals surface area contributed by atoms with Crippen LogP contribution >= 0.6 is 15.9 Å². The van der Waals surface area contributed by atoms with Gasteiger partial charge in [-0.1, -0.05) is 28.1 Å². The predicted molar refractivity (Wildman–Crippen MR) is 84.9 cm³/mol. The third kappa shape index (κ3) is 5.63. The fourth-order valence-corrected chi connectivity index (χ4v) is 2.20. The van der Waals surface area contributed by atoms with Gasteiger partial charge in [-0.15, -0.1) is 0 Å². The van der Waals surface area contributed by atoms with E-state index < -0.39 is 6.10 Å². The summed E-state index contributed by atoms with van der Waals surface area (Å²) in [6.45, 7) is 3.21. The molecule has 0 saturated carbocycles. The molecule has 2 rings (SSSR count). The normalized spacial score (nSPS) is 14.0. The van der Waals surface area contributed by atoms with E-state index in [0.29, 0.717) is 13.2 Å². The zero-order chi connectivity index (χ0) is 15.1. The van der Waals surface area contributed by atoms with Gasteiger partial charge in [-0.25, -0.2) is 0 Å². The monoisotopic (exact) mass is 353 g/mol. The topological polar surface area (TPSA) is 54.6 Å². The molecule has 1 aromatic heterocycles. The van der Waals surface area contributed by atoms with E-state index in [1.807, 2.05) is 24.3 Å². The first-order chi connectivity index (χ1) is 10.1. The number of hydrogen-bond acceptors (Lipinski definition) is 4. The van der Waals surface area contributed by atoms with Crippen molar-refractivity contribution in [2.75, 3.05) is 13.2 Å². The Morgan fingerprint density at radius 1 is 1.29 bits per heavy atom. The maximum absolute atomic E-state index is 9.89. The molecule has 21 heavy (non-hydrogen) atoms. The molecule has 2 N–H and O–H groups in total. The number of nitrogens with one attached hydrogen (secondary N) is 1. The first-order valence-corrected chi connectivity index (χ1v) is 7.71. The molecule has 1 unspecified atom stereocenters. The summed E-state index contributed by atoms with van der Waals surface area (Å²) in [7, 11) is 0. The number of benzene rings is 1. The van der Waals surface area contributed by atoms with Gasteiger partial charge in [-0.05, 0) is 36.8 Å². The second kappa shape index (κ2) is 8.34. The van der Waals surface area contributed by atoms with Crippen LogP contribution in [0.25, 0.3) is 0 Å². The number of halogens is 1. The fourth-order valence-electron chi connectivity index (χ4n) is 1.93. The van der Waals surface area contributed by atoms with E-state index >= 15 is 0 Å². The standard InChI is InChI=1S/C16H20BrNO3/c1-12(13-4-6-14(17)7-5-13)18-9-15(19)10-20-11-16-3-2-8-21-16/h2-8,12,15,18-19H,9-11H2,1H3/t12-,15?/m1/s1. The van der Waals surface area contributed by atoms with Crippen molar-refractivity contribution < 1.29 is 14.3 Å². The van der Waals surface area contributed by atoms with Crippen molar-refractivity contribution in [1.82, 2.24) is 5.32 Å². The molecule has 2 atom stereocenters. The van der Waals surface area contributed by atoms with Crippen molar-refractivity contribution in [2.24, 2.45) is 0 Å². The Labute approximate surface area is 133 Å². The van der Waals surface area contributed by atoms with Crippen LogP contribution in [0.5, 0.6) is 0 Å². The summed E-state index contributed by atoms with van der Waals surface area (Å²) in [5.74, 6) is 0.762. The van der Waals surface area contributed by atoms with E-state index in [4.69, 9.17) is 9.15 Å². The Kier molecular flexibility index (Phi) is 6.45. The van der Waals surface area contributed by atoms with Gasteiger partial charge in [0.05, 0.1) is 19.0 Å². The van der Waals surface area contributed by atoms with Gasteiger partial charge in [-0.2, -0.15) is 0 Å². The van der Waals surface area contributed by atoms with Gasteiger partial charge in [0, 0.05) is 17.1 Å². The van der Waals surface area contributed by atoms with E-state index in [9.17, 15) is 5.11 Å². The molecule has 2 aromatic rings. The Morgan fingerprint density at radius 2 is 2.05 bits per heavy atom. The molecule has 0 aliphatic rings. The number of ether oxygens (including phenoxy) is 1. The average Bonchev–Trinajstić information content (AvgIpc) is 2.99.